The minimum absolute atomic E-state index is 0.0319. The Morgan fingerprint density at radius 2 is 1.88 bits per heavy atom. The van der Waals surface area contributed by atoms with E-state index in [0.29, 0.717) is 16.9 Å². The molecule has 3 aromatic rings. The monoisotopic (exact) mass is 353 g/mol. The van der Waals surface area contributed by atoms with Crippen molar-refractivity contribution in [1.82, 2.24) is 4.98 Å². The van der Waals surface area contributed by atoms with E-state index in [4.69, 9.17) is 0 Å². The SMILES string of the molecule is Cc1nc(C(=O)Nc2ccc(C)c([N+](=O)[O-])c2)c(-c2ccccc2)s1. The maximum absolute atomic E-state index is 12.7. The first kappa shape index (κ1) is 16.8. The number of hydrogen-bond acceptors (Lipinski definition) is 5. The molecular formula is C18H15N3O3S. The van der Waals surface area contributed by atoms with Crippen LogP contribution in [0.15, 0.2) is 48.5 Å². The fraction of sp³-hybridized carbons (Fsp3) is 0.111. The van der Waals surface area contributed by atoms with Crippen LogP contribution in [-0.2, 0) is 0 Å². The summed E-state index contributed by atoms with van der Waals surface area (Å²) in [7, 11) is 0. The maximum atomic E-state index is 12.7. The summed E-state index contributed by atoms with van der Waals surface area (Å²) in [5.41, 5.74) is 2.10. The average Bonchev–Trinajstić information content (AvgIpc) is 2.99. The van der Waals surface area contributed by atoms with Crippen molar-refractivity contribution in [1.29, 1.82) is 0 Å². The van der Waals surface area contributed by atoms with Crippen molar-refractivity contribution in [3.63, 3.8) is 0 Å². The minimum Gasteiger partial charge on any atom is -0.320 e. The average molecular weight is 353 g/mol. The van der Waals surface area contributed by atoms with Crippen LogP contribution in [0.3, 0.4) is 0 Å². The molecule has 0 aliphatic heterocycles. The zero-order valence-electron chi connectivity index (χ0n) is 13.6. The Morgan fingerprint density at radius 3 is 2.56 bits per heavy atom. The van der Waals surface area contributed by atoms with Crippen molar-refractivity contribution in [3.8, 4) is 10.4 Å². The van der Waals surface area contributed by atoms with E-state index >= 15 is 0 Å². The van der Waals surface area contributed by atoms with E-state index in [9.17, 15) is 14.9 Å². The molecule has 0 aliphatic rings. The third-order valence-electron chi connectivity index (χ3n) is 3.65. The highest BCUT2D eigenvalue weighted by Gasteiger charge is 2.19. The number of aromatic nitrogens is 1. The van der Waals surface area contributed by atoms with Crippen LogP contribution in [0.25, 0.3) is 10.4 Å². The number of thiazole rings is 1. The van der Waals surface area contributed by atoms with Gasteiger partial charge in [-0.3, -0.25) is 14.9 Å². The molecule has 0 saturated heterocycles. The van der Waals surface area contributed by atoms with Gasteiger partial charge in [0, 0.05) is 17.3 Å². The van der Waals surface area contributed by atoms with E-state index in [1.807, 2.05) is 37.3 Å². The quantitative estimate of drug-likeness (QED) is 0.549. The first-order valence-corrected chi connectivity index (χ1v) is 8.36. The maximum Gasteiger partial charge on any atom is 0.275 e. The van der Waals surface area contributed by atoms with Crippen LogP contribution in [0.5, 0.6) is 0 Å². The van der Waals surface area contributed by atoms with E-state index in [0.717, 1.165) is 15.4 Å². The molecule has 126 valence electrons. The number of carbonyl (C=O) groups is 1. The summed E-state index contributed by atoms with van der Waals surface area (Å²) in [5.74, 6) is -0.388. The standard InChI is InChI=1S/C18H15N3O3S/c1-11-8-9-14(10-15(11)21(23)24)20-18(22)16-17(25-12(2)19-16)13-6-4-3-5-7-13/h3-10H,1-2H3,(H,20,22). The molecule has 0 fully saturated rings. The van der Waals surface area contributed by atoms with Crippen molar-refractivity contribution in [2.75, 3.05) is 5.32 Å². The number of benzene rings is 2. The Hall–Kier alpha value is -3.06. The Labute approximate surface area is 148 Å². The van der Waals surface area contributed by atoms with Gasteiger partial charge < -0.3 is 5.32 Å². The Bertz CT molecular complexity index is 951. The van der Waals surface area contributed by atoms with Gasteiger partial charge in [0.1, 0.15) is 5.69 Å². The molecule has 3 rings (SSSR count). The van der Waals surface area contributed by atoms with E-state index in [1.165, 1.54) is 17.4 Å². The summed E-state index contributed by atoms with van der Waals surface area (Å²) in [6, 6.07) is 14.1. The molecule has 7 heteroatoms. The third kappa shape index (κ3) is 3.56. The number of aryl methyl sites for hydroxylation is 2. The van der Waals surface area contributed by atoms with Crippen LogP contribution in [0, 0.1) is 24.0 Å². The number of nitro benzene ring substituents is 1. The lowest BCUT2D eigenvalue weighted by atomic mass is 10.1. The van der Waals surface area contributed by atoms with Crippen LogP contribution in [0.4, 0.5) is 11.4 Å². The van der Waals surface area contributed by atoms with Crippen LogP contribution in [0.1, 0.15) is 21.1 Å². The summed E-state index contributed by atoms with van der Waals surface area (Å²) < 4.78 is 0. The molecule has 2 aromatic carbocycles. The second-order valence-electron chi connectivity index (χ2n) is 5.49. The van der Waals surface area contributed by atoms with Crippen LogP contribution < -0.4 is 5.32 Å². The van der Waals surface area contributed by atoms with E-state index in [1.54, 1.807) is 19.1 Å². The van der Waals surface area contributed by atoms with Gasteiger partial charge in [-0.25, -0.2) is 4.98 Å². The lowest BCUT2D eigenvalue weighted by molar-refractivity contribution is -0.385. The molecular weight excluding hydrogens is 338 g/mol. The molecule has 0 unspecified atom stereocenters. The molecule has 0 bridgehead atoms. The number of carbonyl (C=O) groups excluding carboxylic acids is 1. The lowest BCUT2D eigenvalue weighted by Gasteiger charge is -2.06. The van der Waals surface area contributed by atoms with Gasteiger partial charge in [0.05, 0.1) is 14.8 Å². The Balaban J connectivity index is 1.93. The molecule has 1 amide bonds. The van der Waals surface area contributed by atoms with Gasteiger partial charge in [-0.1, -0.05) is 36.4 Å². The molecule has 6 nitrogen and oxygen atoms in total. The molecule has 1 N–H and O–H groups in total. The highest BCUT2D eigenvalue weighted by molar-refractivity contribution is 7.15. The highest BCUT2D eigenvalue weighted by atomic mass is 32.1. The van der Waals surface area contributed by atoms with Crippen molar-refractivity contribution in [3.05, 3.63) is 74.9 Å². The lowest BCUT2D eigenvalue weighted by Crippen LogP contribution is -2.13. The van der Waals surface area contributed by atoms with Crippen molar-refractivity contribution in [2.24, 2.45) is 0 Å². The fourth-order valence-corrected chi connectivity index (χ4v) is 3.36. The second-order valence-corrected chi connectivity index (χ2v) is 6.69. The predicted octanol–water partition coefficient (Wildman–Crippen LogP) is 4.59. The summed E-state index contributed by atoms with van der Waals surface area (Å²) in [5, 5.41) is 14.5. The van der Waals surface area contributed by atoms with Crippen LogP contribution >= 0.6 is 11.3 Å². The Kier molecular flexibility index (Phi) is 4.58. The normalized spacial score (nSPS) is 10.5. The smallest absolute Gasteiger partial charge is 0.275 e. The number of nitrogens with zero attached hydrogens (tertiary/aromatic N) is 2. The van der Waals surface area contributed by atoms with Gasteiger partial charge in [0.15, 0.2) is 0 Å². The number of hydrogen-bond donors (Lipinski definition) is 1. The first-order chi connectivity index (χ1) is 12.0. The zero-order chi connectivity index (χ0) is 18.0. The third-order valence-corrected chi connectivity index (χ3v) is 4.67. The number of nitro groups is 1. The second kappa shape index (κ2) is 6.82. The van der Waals surface area contributed by atoms with E-state index in [2.05, 4.69) is 10.3 Å². The van der Waals surface area contributed by atoms with Crippen LogP contribution in [0.2, 0.25) is 0 Å². The molecule has 25 heavy (non-hydrogen) atoms. The Morgan fingerprint density at radius 1 is 1.16 bits per heavy atom. The largest absolute Gasteiger partial charge is 0.320 e. The van der Waals surface area contributed by atoms with Gasteiger partial charge in [-0.2, -0.15) is 0 Å². The fourth-order valence-electron chi connectivity index (χ4n) is 2.44. The van der Waals surface area contributed by atoms with Gasteiger partial charge in [-0.05, 0) is 25.5 Å². The van der Waals surface area contributed by atoms with Gasteiger partial charge in [0.2, 0.25) is 0 Å². The topological polar surface area (TPSA) is 85.1 Å². The molecule has 0 aliphatic carbocycles. The van der Waals surface area contributed by atoms with E-state index < -0.39 is 4.92 Å². The molecule has 1 aromatic heterocycles. The zero-order valence-corrected chi connectivity index (χ0v) is 14.5. The van der Waals surface area contributed by atoms with E-state index in [-0.39, 0.29) is 11.6 Å². The summed E-state index contributed by atoms with van der Waals surface area (Å²) >= 11 is 1.44. The minimum atomic E-state index is -0.465. The molecule has 0 atom stereocenters. The molecule has 0 spiro atoms. The number of rotatable bonds is 4. The van der Waals surface area contributed by atoms with Gasteiger partial charge in [0.25, 0.3) is 11.6 Å². The van der Waals surface area contributed by atoms with Gasteiger partial charge in [-0.15, -0.1) is 11.3 Å². The molecule has 1 heterocycles. The number of anilines is 1. The van der Waals surface area contributed by atoms with Crippen molar-refractivity contribution in [2.45, 2.75) is 13.8 Å². The first-order valence-electron chi connectivity index (χ1n) is 7.55. The van der Waals surface area contributed by atoms with Crippen molar-refractivity contribution < 1.29 is 9.72 Å². The number of nitrogens with one attached hydrogen (secondary N) is 1. The summed E-state index contributed by atoms with van der Waals surface area (Å²) in [6.45, 7) is 3.49. The van der Waals surface area contributed by atoms with Crippen molar-refractivity contribution >= 4 is 28.6 Å². The predicted molar refractivity (Wildman–Crippen MR) is 98.1 cm³/mol. The summed E-state index contributed by atoms with van der Waals surface area (Å²) in [6.07, 6.45) is 0. The highest BCUT2D eigenvalue weighted by Crippen LogP contribution is 2.31. The molecule has 0 saturated carbocycles. The van der Waals surface area contributed by atoms with Crippen LogP contribution in [-0.4, -0.2) is 15.8 Å². The molecule has 0 radical (unpaired) electrons. The summed E-state index contributed by atoms with van der Waals surface area (Å²) in [4.78, 5) is 28.3. The van der Waals surface area contributed by atoms with Gasteiger partial charge >= 0.3 is 0 Å². The number of amides is 1.